The van der Waals surface area contributed by atoms with Crippen molar-refractivity contribution < 1.29 is 4.79 Å². The van der Waals surface area contributed by atoms with Crippen LogP contribution in [-0.2, 0) is 17.6 Å². The SMILES string of the molecule is CCC1(C(=O)Cl)CCc2c(sc3ncnc(Cl)c23)C1. The van der Waals surface area contributed by atoms with E-state index in [0.29, 0.717) is 11.6 Å². The Labute approximate surface area is 125 Å². The topological polar surface area (TPSA) is 42.9 Å². The lowest BCUT2D eigenvalue weighted by molar-refractivity contribution is -0.121. The Kier molecular flexibility index (Phi) is 3.28. The van der Waals surface area contributed by atoms with Crippen molar-refractivity contribution in [3.63, 3.8) is 0 Å². The maximum Gasteiger partial charge on any atom is 0.228 e. The first-order valence-electron chi connectivity index (χ1n) is 6.18. The van der Waals surface area contributed by atoms with Crippen molar-refractivity contribution >= 4 is 50.0 Å². The van der Waals surface area contributed by atoms with Crippen LogP contribution < -0.4 is 0 Å². The maximum atomic E-state index is 11.8. The zero-order chi connectivity index (χ0) is 13.6. The van der Waals surface area contributed by atoms with Crippen molar-refractivity contribution in [3.8, 4) is 0 Å². The fourth-order valence-electron chi connectivity index (χ4n) is 2.77. The van der Waals surface area contributed by atoms with E-state index in [0.717, 1.165) is 29.5 Å². The summed E-state index contributed by atoms with van der Waals surface area (Å²) in [5, 5.41) is 1.23. The summed E-state index contributed by atoms with van der Waals surface area (Å²) in [5.41, 5.74) is 0.780. The number of carbonyl (C=O) groups is 1. The average Bonchev–Trinajstić information content (AvgIpc) is 2.76. The average molecular weight is 315 g/mol. The van der Waals surface area contributed by atoms with Crippen LogP contribution in [0.5, 0.6) is 0 Å². The molecule has 3 rings (SSSR count). The van der Waals surface area contributed by atoms with Gasteiger partial charge in [0.1, 0.15) is 16.3 Å². The van der Waals surface area contributed by atoms with Gasteiger partial charge in [-0.1, -0.05) is 18.5 Å². The molecule has 1 unspecified atom stereocenters. The zero-order valence-corrected chi connectivity index (χ0v) is 12.7. The highest BCUT2D eigenvalue weighted by molar-refractivity contribution is 7.19. The first-order valence-corrected chi connectivity index (χ1v) is 7.75. The summed E-state index contributed by atoms with van der Waals surface area (Å²) in [7, 11) is 0. The van der Waals surface area contributed by atoms with Crippen molar-refractivity contribution in [1.82, 2.24) is 9.97 Å². The third-order valence-corrected chi connectivity index (χ3v) is 5.90. The number of fused-ring (bicyclic) bond motifs is 3. The molecule has 19 heavy (non-hydrogen) atoms. The molecule has 2 aromatic rings. The Morgan fingerprint density at radius 3 is 3.00 bits per heavy atom. The second-order valence-electron chi connectivity index (χ2n) is 4.93. The van der Waals surface area contributed by atoms with Crippen LogP contribution >= 0.6 is 34.5 Å². The molecule has 0 saturated heterocycles. The first kappa shape index (κ1) is 13.3. The van der Waals surface area contributed by atoms with E-state index < -0.39 is 5.41 Å². The molecule has 1 aliphatic rings. The van der Waals surface area contributed by atoms with E-state index in [-0.39, 0.29) is 5.24 Å². The minimum absolute atomic E-state index is 0.227. The van der Waals surface area contributed by atoms with E-state index in [1.54, 1.807) is 11.3 Å². The number of carbonyl (C=O) groups excluding carboxylic acids is 1. The van der Waals surface area contributed by atoms with E-state index in [1.807, 2.05) is 6.92 Å². The van der Waals surface area contributed by atoms with Gasteiger partial charge in [0.05, 0.1) is 5.39 Å². The lowest BCUT2D eigenvalue weighted by atomic mass is 9.73. The van der Waals surface area contributed by atoms with Gasteiger partial charge in [-0.15, -0.1) is 11.3 Å². The van der Waals surface area contributed by atoms with Crippen LogP contribution in [-0.4, -0.2) is 15.2 Å². The van der Waals surface area contributed by atoms with Gasteiger partial charge in [-0.25, -0.2) is 9.97 Å². The van der Waals surface area contributed by atoms with E-state index in [4.69, 9.17) is 23.2 Å². The van der Waals surface area contributed by atoms with Crippen molar-refractivity contribution in [3.05, 3.63) is 21.9 Å². The normalized spacial score (nSPS) is 22.5. The Morgan fingerprint density at radius 2 is 2.32 bits per heavy atom. The lowest BCUT2D eigenvalue weighted by Gasteiger charge is -2.32. The van der Waals surface area contributed by atoms with Crippen LogP contribution in [0.25, 0.3) is 10.2 Å². The highest BCUT2D eigenvalue weighted by Crippen LogP contribution is 2.46. The lowest BCUT2D eigenvalue weighted by Crippen LogP contribution is -2.33. The van der Waals surface area contributed by atoms with Crippen molar-refractivity contribution in [2.24, 2.45) is 5.41 Å². The molecule has 1 atom stereocenters. The molecule has 0 aromatic carbocycles. The summed E-state index contributed by atoms with van der Waals surface area (Å²) in [6, 6.07) is 0. The van der Waals surface area contributed by atoms with Crippen LogP contribution in [0.3, 0.4) is 0 Å². The molecule has 0 radical (unpaired) electrons. The second kappa shape index (κ2) is 4.69. The summed E-state index contributed by atoms with van der Waals surface area (Å²) in [6.45, 7) is 2.02. The molecular weight excluding hydrogens is 303 g/mol. The van der Waals surface area contributed by atoms with Crippen LogP contribution in [0.4, 0.5) is 0 Å². The molecule has 100 valence electrons. The molecule has 2 aromatic heterocycles. The third-order valence-electron chi connectivity index (χ3n) is 4.07. The molecule has 0 bridgehead atoms. The highest BCUT2D eigenvalue weighted by Gasteiger charge is 2.40. The van der Waals surface area contributed by atoms with E-state index in [9.17, 15) is 4.79 Å². The molecule has 0 fully saturated rings. The van der Waals surface area contributed by atoms with Crippen LogP contribution in [0, 0.1) is 5.41 Å². The minimum Gasteiger partial charge on any atom is -0.281 e. The standard InChI is InChI=1S/C13H12Cl2N2OS/c1-2-13(12(15)18)4-3-7-8(5-13)19-11-9(7)10(14)16-6-17-11/h6H,2-5H2,1H3. The van der Waals surface area contributed by atoms with Gasteiger partial charge < -0.3 is 0 Å². The molecule has 1 aliphatic carbocycles. The Balaban J connectivity index is 2.15. The minimum atomic E-state index is -0.421. The Morgan fingerprint density at radius 1 is 1.53 bits per heavy atom. The van der Waals surface area contributed by atoms with Crippen molar-refractivity contribution in [2.75, 3.05) is 0 Å². The molecule has 0 saturated carbocycles. The van der Waals surface area contributed by atoms with Gasteiger partial charge in [0.2, 0.25) is 5.24 Å². The molecule has 0 amide bonds. The fraction of sp³-hybridized carbons (Fsp3) is 0.462. The third kappa shape index (κ3) is 1.97. The fourth-order valence-corrected chi connectivity index (χ4v) is 4.70. The first-order chi connectivity index (χ1) is 9.07. The number of thiophene rings is 1. The van der Waals surface area contributed by atoms with Gasteiger partial charge in [0.15, 0.2) is 0 Å². The molecular formula is C13H12Cl2N2OS. The number of hydrogen-bond donors (Lipinski definition) is 0. The second-order valence-corrected chi connectivity index (χ2v) is 6.72. The summed E-state index contributed by atoms with van der Waals surface area (Å²) in [4.78, 5) is 22.2. The number of aromatic nitrogens is 2. The van der Waals surface area contributed by atoms with Crippen molar-refractivity contribution in [1.29, 1.82) is 0 Å². The molecule has 0 spiro atoms. The Bertz CT molecular complexity index is 670. The molecule has 6 heteroatoms. The number of nitrogens with zero attached hydrogens (tertiary/aromatic N) is 2. The molecule has 0 N–H and O–H groups in total. The largest absolute Gasteiger partial charge is 0.281 e. The summed E-state index contributed by atoms with van der Waals surface area (Å²) < 4.78 is 0. The monoisotopic (exact) mass is 314 g/mol. The smallest absolute Gasteiger partial charge is 0.228 e. The van der Waals surface area contributed by atoms with Gasteiger partial charge in [-0.05, 0) is 42.8 Å². The van der Waals surface area contributed by atoms with Gasteiger partial charge in [-0.2, -0.15) is 0 Å². The van der Waals surface area contributed by atoms with E-state index in [2.05, 4.69) is 9.97 Å². The van der Waals surface area contributed by atoms with Gasteiger partial charge >= 0.3 is 0 Å². The summed E-state index contributed by atoms with van der Waals surface area (Å²) in [6.07, 6.45) is 4.53. The van der Waals surface area contributed by atoms with Gasteiger partial charge in [-0.3, -0.25) is 4.79 Å². The number of rotatable bonds is 2. The molecule has 2 heterocycles. The highest BCUT2D eigenvalue weighted by atomic mass is 35.5. The zero-order valence-electron chi connectivity index (χ0n) is 10.4. The predicted octanol–water partition coefficient (Wildman–Crippen LogP) is 4.00. The molecule has 0 aliphatic heterocycles. The van der Waals surface area contributed by atoms with Crippen LogP contribution in [0.1, 0.15) is 30.2 Å². The number of hydrogen-bond acceptors (Lipinski definition) is 4. The Hall–Kier alpha value is -0.710. The maximum absolute atomic E-state index is 11.8. The number of aryl methyl sites for hydroxylation is 1. The number of halogens is 2. The van der Waals surface area contributed by atoms with Crippen LogP contribution in [0.15, 0.2) is 6.33 Å². The van der Waals surface area contributed by atoms with Crippen molar-refractivity contribution in [2.45, 2.75) is 32.6 Å². The van der Waals surface area contributed by atoms with E-state index >= 15 is 0 Å². The predicted molar refractivity (Wildman–Crippen MR) is 78.0 cm³/mol. The molecule has 3 nitrogen and oxygen atoms in total. The summed E-state index contributed by atoms with van der Waals surface area (Å²) in [5.74, 6) is 0. The van der Waals surface area contributed by atoms with Gasteiger partial charge in [0.25, 0.3) is 0 Å². The summed E-state index contributed by atoms with van der Waals surface area (Å²) >= 11 is 13.6. The quantitative estimate of drug-likeness (QED) is 0.621. The van der Waals surface area contributed by atoms with E-state index in [1.165, 1.54) is 16.8 Å². The van der Waals surface area contributed by atoms with Gasteiger partial charge in [0, 0.05) is 10.3 Å². The van der Waals surface area contributed by atoms with Crippen LogP contribution in [0.2, 0.25) is 5.15 Å².